The zero-order valence-corrected chi connectivity index (χ0v) is 43.7. The van der Waals surface area contributed by atoms with E-state index in [1.807, 2.05) is 16.1 Å². The third-order valence-electron chi connectivity index (χ3n) is 18.8. The Labute approximate surface area is 442 Å². The maximum absolute atomic E-state index is 15.3. The standard InChI is InChI=1S/C58H69N11O7/c1-33(2)67-32-59-45-30-44(62-51(50(45)67)61-38-14-15-38)35-11-16-42-47(27-35)68(40-28-39(29-40)64-22-4-3-5-23-64)57(76)58(42)20-25-65(26-21-58)54(73)36-19-24-66(31-36)53(72)34-9-12-37(13-10-34)60-43-8-6-7-41-49(43)56(75)69(55(41)74)46-17-18-48(70)63-52(46)71/h6-8,11,16,27,30,32-34,36-40,46,60H,3-5,9-10,12-15,17-26,28-29,31H2,1-2H3,(H,61,62)(H,63,70,71)/t34?,36-,37?,39?,40?,46-/m1/s1. The van der Waals surface area contributed by atoms with Crippen molar-refractivity contribution in [1.82, 2.24) is 39.5 Å². The molecular formula is C58H69N11O7. The van der Waals surface area contributed by atoms with E-state index in [1.165, 1.54) is 19.3 Å². The number of piperidine rings is 3. The van der Waals surface area contributed by atoms with Crippen molar-refractivity contribution in [2.45, 2.75) is 158 Å². The molecule has 4 aromatic rings. The number of hydrogen-bond acceptors (Lipinski definition) is 12. The van der Waals surface area contributed by atoms with Crippen molar-refractivity contribution in [2.24, 2.45) is 11.8 Å². The molecule has 7 fully saturated rings. The summed E-state index contributed by atoms with van der Waals surface area (Å²) < 4.78 is 2.18. The highest BCUT2D eigenvalue weighted by Gasteiger charge is 2.56. The van der Waals surface area contributed by atoms with Crippen LogP contribution in [0.1, 0.15) is 149 Å². The lowest BCUT2D eigenvalue weighted by Gasteiger charge is -2.48. The number of likely N-dealkylation sites (tertiary alicyclic amines) is 3. The van der Waals surface area contributed by atoms with Gasteiger partial charge in [-0.15, -0.1) is 0 Å². The lowest BCUT2D eigenvalue weighted by molar-refractivity contribution is -0.140. The average Bonchev–Trinajstić information content (AvgIpc) is 3.89. The zero-order chi connectivity index (χ0) is 52.1. The fraction of sp³-hybridized carbons (Fsp3) is 0.569. The fourth-order valence-electron chi connectivity index (χ4n) is 14.2. The molecular weight excluding hydrogens is 963 g/mol. The quantitative estimate of drug-likeness (QED) is 0.140. The lowest BCUT2D eigenvalue weighted by atomic mass is 9.73. The first kappa shape index (κ1) is 48.9. The van der Waals surface area contributed by atoms with E-state index in [0.29, 0.717) is 88.9 Å². The molecule has 3 aliphatic carbocycles. The average molecular weight is 1030 g/mol. The summed E-state index contributed by atoms with van der Waals surface area (Å²) in [6.07, 6.45) is 14.4. The number of fused-ring (bicyclic) bond motifs is 4. The van der Waals surface area contributed by atoms with Crippen molar-refractivity contribution in [3.8, 4) is 11.3 Å². The maximum atomic E-state index is 15.3. The molecule has 398 valence electrons. The molecule has 3 N–H and O–H groups in total. The molecule has 0 radical (unpaired) electrons. The van der Waals surface area contributed by atoms with Gasteiger partial charge in [0.25, 0.3) is 11.8 Å². The van der Waals surface area contributed by atoms with Gasteiger partial charge >= 0.3 is 0 Å². The molecule has 3 saturated carbocycles. The third kappa shape index (κ3) is 8.35. The molecule has 13 rings (SSSR count). The highest BCUT2D eigenvalue weighted by Crippen LogP contribution is 2.52. The monoisotopic (exact) mass is 1030 g/mol. The number of nitrogens with zero attached hydrogens (tertiary/aromatic N) is 8. The number of benzene rings is 2. The number of carbonyl (C=O) groups is 7. The number of hydrogen-bond donors (Lipinski definition) is 3. The van der Waals surface area contributed by atoms with Crippen LogP contribution in [-0.2, 0) is 29.4 Å². The van der Waals surface area contributed by atoms with Gasteiger partial charge in [-0.3, -0.25) is 43.8 Å². The Balaban J connectivity index is 0.661. The summed E-state index contributed by atoms with van der Waals surface area (Å²) in [6, 6.07) is 13.8. The predicted molar refractivity (Wildman–Crippen MR) is 284 cm³/mol. The minimum Gasteiger partial charge on any atom is -0.382 e. The smallest absolute Gasteiger partial charge is 0.264 e. The number of carbonyl (C=O) groups excluding carboxylic acids is 7. The highest BCUT2D eigenvalue weighted by molar-refractivity contribution is 6.25. The van der Waals surface area contributed by atoms with Crippen LogP contribution in [0.5, 0.6) is 0 Å². The first-order valence-corrected chi connectivity index (χ1v) is 28.4. The Morgan fingerprint density at radius 2 is 1.47 bits per heavy atom. The zero-order valence-electron chi connectivity index (χ0n) is 43.7. The van der Waals surface area contributed by atoms with Gasteiger partial charge in [-0.1, -0.05) is 24.6 Å². The van der Waals surface area contributed by atoms with E-state index in [2.05, 4.69) is 68.4 Å². The van der Waals surface area contributed by atoms with E-state index in [4.69, 9.17) is 9.97 Å². The van der Waals surface area contributed by atoms with Gasteiger partial charge in [-0.05, 0) is 147 Å². The molecule has 0 unspecified atom stereocenters. The fourth-order valence-corrected chi connectivity index (χ4v) is 14.2. The number of amides is 7. The van der Waals surface area contributed by atoms with Crippen LogP contribution in [0, 0.1) is 11.8 Å². The van der Waals surface area contributed by atoms with Crippen LogP contribution in [-0.4, -0.2) is 145 Å². The molecule has 18 heteroatoms. The number of imidazole rings is 1. The number of nitrogens with one attached hydrogen (secondary N) is 3. The van der Waals surface area contributed by atoms with Crippen molar-refractivity contribution in [2.75, 3.05) is 54.8 Å². The minimum atomic E-state index is -1.04. The van der Waals surface area contributed by atoms with Gasteiger partial charge in [-0.2, -0.15) is 0 Å². The summed E-state index contributed by atoms with van der Waals surface area (Å²) in [7, 11) is 0. The Morgan fingerprint density at radius 3 is 2.21 bits per heavy atom. The van der Waals surface area contributed by atoms with Crippen molar-refractivity contribution < 1.29 is 33.6 Å². The molecule has 76 heavy (non-hydrogen) atoms. The number of pyridine rings is 1. The minimum absolute atomic E-state index is 0.0353. The summed E-state index contributed by atoms with van der Waals surface area (Å²) in [5.74, 6) is -1.48. The van der Waals surface area contributed by atoms with Gasteiger partial charge in [0.05, 0.1) is 40.0 Å². The van der Waals surface area contributed by atoms with Gasteiger partial charge in [0.1, 0.15) is 11.6 Å². The van der Waals surface area contributed by atoms with Gasteiger partial charge < -0.3 is 34.8 Å². The van der Waals surface area contributed by atoms with Crippen LogP contribution in [0.4, 0.5) is 17.2 Å². The van der Waals surface area contributed by atoms with Crippen LogP contribution in [0.3, 0.4) is 0 Å². The van der Waals surface area contributed by atoms with Crippen molar-refractivity contribution >= 4 is 69.6 Å². The largest absolute Gasteiger partial charge is 0.382 e. The van der Waals surface area contributed by atoms with E-state index < -0.39 is 35.1 Å². The molecule has 1 spiro atoms. The number of imide groups is 2. The summed E-state index contributed by atoms with van der Waals surface area (Å²) in [5.41, 5.74) is 6.01. The molecule has 8 heterocycles. The van der Waals surface area contributed by atoms with Crippen LogP contribution in [0.25, 0.3) is 22.3 Å². The van der Waals surface area contributed by atoms with Crippen molar-refractivity contribution in [3.05, 3.63) is 65.5 Å². The maximum Gasteiger partial charge on any atom is 0.264 e. The Kier molecular flexibility index (Phi) is 12.3. The second-order valence-electron chi connectivity index (χ2n) is 23.7. The van der Waals surface area contributed by atoms with Crippen molar-refractivity contribution in [3.63, 3.8) is 0 Å². The third-order valence-corrected chi connectivity index (χ3v) is 18.8. The van der Waals surface area contributed by atoms with Crippen LogP contribution in [0.2, 0.25) is 0 Å². The second-order valence-corrected chi connectivity index (χ2v) is 23.7. The Hall–Kier alpha value is -6.69. The molecule has 2 aromatic heterocycles. The van der Waals surface area contributed by atoms with Gasteiger partial charge in [0, 0.05) is 85.7 Å². The number of aromatic nitrogens is 3. The molecule has 2 aromatic carbocycles. The number of anilines is 3. The Morgan fingerprint density at radius 1 is 0.737 bits per heavy atom. The molecule has 6 aliphatic heterocycles. The summed E-state index contributed by atoms with van der Waals surface area (Å²) in [6.45, 7) is 8.47. The molecule has 2 atom stereocenters. The van der Waals surface area contributed by atoms with Gasteiger partial charge in [0.15, 0.2) is 5.82 Å². The van der Waals surface area contributed by atoms with Crippen LogP contribution in [0.15, 0.2) is 48.8 Å². The predicted octanol–water partition coefficient (Wildman–Crippen LogP) is 6.40. The van der Waals surface area contributed by atoms with E-state index in [1.54, 1.807) is 18.2 Å². The van der Waals surface area contributed by atoms with Crippen LogP contribution >= 0.6 is 0 Å². The van der Waals surface area contributed by atoms with E-state index in [0.717, 1.165) is 83.0 Å². The molecule has 7 amide bonds. The van der Waals surface area contributed by atoms with Gasteiger partial charge in [-0.25, -0.2) is 9.97 Å². The number of rotatable bonds is 11. The normalized spacial score (nSPS) is 27.6. The highest BCUT2D eigenvalue weighted by atomic mass is 16.2. The summed E-state index contributed by atoms with van der Waals surface area (Å²) in [4.78, 5) is 115. The SMILES string of the molecule is CC(C)n1cnc2cc(-c3ccc4c(c3)N(C3CC(N5CCCCC5)C3)C(=O)C43CCN(C(=O)[C@@H]4CCN(C(=O)C5CCC(Nc6cccc7c6C(=O)N([C@@H]6CCC(=O)NC6=O)C7=O)CC5)C4)CC3)nc(NC3CC3)c21. The first-order valence-electron chi connectivity index (χ1n) is 28.4. The van der Waals surface area contributed by atoms with Crippen LogP contribution < -0.4 is 20.9 Å². The second kappa shape index (κ2) is 19.1. The van der Waals surface area contributed by atoms with E-state index >= 15 is 4.79 Å². The molecule has 0 bridgehead atoms. The topological polar surface area (TPSA) is 202 Å². The Bertz CT molecular complexity index is 3060. The lowest BCUT2D eigenvalue weighted by Crippen LogP contribution is -2.58. The van der Waals surface area contributed by atoms with E-state index in [-0.39, 0.29) is 71.7 Å². The van der Waals surface area contributed by atoms with Gasteiger partial charge in [0.2, 0.25) is 29.5 Å². The van der Waals surface area contributed by atoms with E-state index in [9.17, 15) is 28.8 Å². The summed E-state index contributed by atoms with van der Waals surface area (Å²) >= 11 is 0. The molecule has 18 nitrogen and oxygen atoms in total. The van der Waals surface area contributed by atoms with Crippen molar-refractivity contribution in [1.29, 1.82) is 0 Å². The first-order chi connectivity index (χ1) is 36.8. The molecule has 9 aliphatic rings. The molecule has 4 saturated heterocycles. The summed E-state index contributed by atoms with van der Waals surface area (Å²) in [5, 5.41) is 9.42.